The summed E-state index contributed by atoms with van der Waals surface area (Å²) in [5.74, 6) is 0.802. The first kappa shape index (κ1) is 15.9. The van der Waals surface area contributed by atoms with Crippen molar-refractivity contribution in [3.63, 3.8) is 0 Å². The van der Waals surface area contributed by atoms with Crippen LogP contribution >= 0.6 is 0 Å². The number of nitrogens with one attached hydrogen (secondary N) is 1. The summed E-state index contributed by atoms with van der Waals surface area (Å²) in [6, 6.07) is 15.2. The standard InChI is InChI=1S/C19H19N3O2/c1-12(2)17(23)20-15-9-6-8-14(11-15)18-21-22-19(24-18)16-10-5-4-7-13(16)3/h4-12H,1-3H3,(H,20,23). The molecule has 5 heteroatoms. The van der Waals surface area contributed by atoms with E-state index in [1.807, 2.05) is 69.3 Å². The van der Waals surface area contributed by atoms with Crippen LogP contribution in [0, 0.1) is 12.8 Å². The molecule has 0 aliphatic carbocycles. The molecule has 0 fully saturated rings. The number of rotatable bonds is 4. The van der Waals surface area contributed by atoms with Gasteiger partial charge in [-0.1, -0.05) is 38.1 Å². The summed E-state index contributed by atoms with van der Waals surface area (Å²) in [7, 11) is 0. The van der Waals surface area contributed by atoms with Crippen LogP contribution in [-0.2, 0) is 4.79 Å². The smallest absolute Gasteiger partial charge is 0.248 e. The van der Waals surface area contributed by atoms with Gasteiger partial charge in [0.2, 0.25) is 17.7 Å². The zero-order chi connectivity index (χ0) is 17.1. The van der Waals surface area contributed by atoms with E-state index in [2.05, 4.69) is 15.5 Å². The second kappa shape index (κ2) is 6.66. The molecular weight excluding hydrogens is 302 g/mol. The zero-order valence-corrected chi connectivity index (χ0v) is 13.9. The van der Waals surface area contributed by atoms with Gasteiger partial charge in [-0.2, -0.15) is 0 Å². The number of nitrogens with zero attached hydrogens (tertiary/aromatic N) is 2. The van der Waals surface area contributed by atoms with Crippen molar-refractivity contribution in [3.8, 4) is 22.9 Å². The molecule has 1 aromatic heterocycles. The first-order valence-corrected chi connectivity index (χ1v) is 7.85. The van der Waals surface area contributed by atoms with Gasteiger partial charge in [0, 0.05) is 22.7 Å². The Hall–Kier alpha value is -2.95. The van der Waals surface area contributed by atoms with Crippen molar-refractivity contribution in [1.82, 2.24) is 10.2 Å². The third-order valence-electron chi connectivity index (χ3n) is 3.70. The topological polar surface area (TPSA) is 68.0 Å². The highest BCUT2D eigenvalue weighted by molar-refractivity contribution is 5.92. The van der Waals surface area contributed by atoms with Gasteiger partial charge in [-0.05, 0) is 36.8 Å². The molecule has 1 heterocycles. The van der Waals surface area contributed by atoms with Gasteiger partial charge in [0.25, 0.3) is 0 Å². The van der Waals surface area contributed by atoms with Gasteiger partial charge in [0.05, 0.1) is 0 Å². The van der Waals surface area contributed by atoms with E-state index >= 15 is 0 Å². The van der Waals surface area contributed by atoms with Crippen molar-refractivity contribution in [2.24, 2.45) is 5.92 Å². The van der Waals surface area contributed by atoms with Gasteiger partial charge in [-0.25, -0.2) is 0 Å². The van der Waals surface area contributed by atoms with Gasteiger partial charge in [-0.3, -0.25) is 4.79 Å². The molecule has 3 aromatic rings. The fraction of sp³-hybridized carbons (Fsp3) is 0.211. The number of aryl methyl sites for hydroxylation is 1. The van der Waals surface area contributed by atoms with Crippen molar-refractivity contribution in [2.45, 2.75) is 20.8 Å². The maximum Gasteiger partial charge on any atom is 0.248 e. The minimum Gasteiger partial charge on any atom is -0.416 e. The van der Waals surface area contributed by atoms with Crippen LogP contribution < -0.4 is 5.32 Å². The quantitative estimate of drug-likeness (QED) is 0.777. The van der Waals surface area contributed by atoms with Crippen LogP contribution in [0.1, 0.15) is 19.4 Å². The summed E-state index contributed by atoms with van der Waals surface area (Å²) < 4.78 is 5.81. The second-order valence-electron chi connectivity index (χ2n) is 5.95. The van der Waals surface area contributed by atoms with E-state index in [1.54, 1.807) is 0 Å². The lowest BCUT2D eigenvalue weighted by atomic mass is 10.1. The van der Waals surface area contributed by atoms with Gasteiger partial charge in [0.1, 0.15) is 0 Å². The minimum absolute atomic E-state index is 0.0294. The Morgan fingerprint density at radius 1 is 1.04 bits per heavy atom. The largest absolute Gasteiger partial charge is 0.416 e. The van der Waals surface area contributed by atoms with E-state index in [1.165, 1.54) is 0 Å². The number of aromatic nitrogens is 2. The molecule has 0 aliphatic rings. The third-order valence-corrected chi connectivity index (χ3v) is 3.70. The number of hydrogen-bond acceptors (Lipinski definition) is 4. The van der Waals surface area contributed by atoms with Crippen molar-refractivity contribution >= 4 is 11.6 Å². The van der Waals surface area contributed by atoms with Crippen LogP contribution in [0.4, 0.5) is 5.69 Å². The lowest BCUT2D eigenvalue weighted by Crippen LogP contribution is -2.17. The second-order valence-corrected chi connectivity index (χ2v) is 5.95. The molecule has 24 heavy (non-hydrogen) atoms. The summed E-state index contributed by atoms with van der Waals surface area (Å²) in [6.45, 7) is 5.71. The highest BCUT2D eigenvalue weighted by Gasteiger charge is 2.13. The molecule has 1 amide bonds. The maximum absolute atomic E-state index is 11.8. The van der Waals surface area contributed by atoms with Gasteiger partial charge >= 0.3 is 0 Å². The molecular formula is C19H19N3O2. The third kappa shape index (κ3) is 3.35. The molecule has 0 bridgehead atoms. The Labute approximate surface area is 140 Å². The number of hydrogen-bond donors (Lipinski definition) is 1. The summed E-state index contributed by atoms with van der Waals surface area (Å²) in [5, 5.41) is 11.1. The molecule has 0 spiro atoms. The Kier molecular flexibility index (Phi) is 4.42. The van der Waals surface area contributed by atoms with E-state index in [0.29, 0.717) is 17.5 Å². The first-order valence-electron chi connectivity index (χ1n) is 7.85. The van der Waals surface area contributed by atoms with E-state index in [9.17, 15) is 4.79 Å². The van der Waals surface area contributed by atoms with Crippen LogP contribution in [0.25, 0.3) is 22.9 Å². The van der Waals surface area contributed by atoms with E-state index in [-0.39, 0.29) is 11.8 Å². The molecule has 0 atom stereocenters. The van der Waals surface area contributed by atoms with E-state index in [0.717, 1.165) is 16.7 Å². The number of benzene rings is 2. The van der Waals surface area contributed by atoms with Crippen LogP contribution in [0.5, 0.6) is 0 Å². The normalized spacial score (nSPS) is 10.8. The Balaban J connectivity index is 1.88. The van der Waals surface area contributed by atoms with Crippen molar-refractivity contribution < 1.29 is 9.21 Å². The fourth-order valence-corrected chi connectivity index (χ4v) is 2.28. The zero-order valence-electron chi connectivity index (χ0n) is 13.9. The summed E-state index contributed by atoms with van der Waals surface area (Å²) in [4.78, 5) is 11.8. The minimum atomic E-state index is -0.0790. The van der Waals surface area contributed by atoms with Crippen molar-refractivity contribution in [1.29, 1.82) is 0 Å². The van der Waals surface area contributed by atoms with Crippen molar-refractivity contribution in [2.75, 3.05) is 5.32 Å². The number of anilines is 1. The van der Waals surface area contributed by atoms with Crippen LogP contribution in [0.3, 0.4) is 0 Å². The average molecular weight is 321 g/mol. The highest BCUT2D eigenvalue weighted by atomic mass is 16.4. The first-order chi connectivity index (χ1) is 11.5. The highest BCUT2D eigenvalue weighted by Crippen LogP contribution is 2.27. The maximum atomic E-state index is 11.8. The average Bonchev–Trinajstić information content (AvgIpc) is 3.05. The predicted octanol–water partition coefficient (Wildman–Crippen LogP) is 4.31. The molecule has 2 aromatic carbocycles. The molecule has 122 valence electrons. The van der Waals surface area contributed by atoms with Crippen molar-refractivity contribution in [3.05, 3.63) is 54.1 Å². The number of carbonyl (C=O) groups is 1. The fourth-order valence-electron chi connectivity index (χ4n) is 2.28. The van der Waals surface area contributed by atoms with Crippen LogP contribution in [0.2, 0.25) is 0 Å². The molecule has 0 radical (unpaired) electrons. The summed E-state index contributed by atoms with van der Waals surface area (Å²) >= 11 is 0. The van der Waals surface area contributed by atoms with E-state index < -0.39 is 0 Å². The lowest BCUT2D eigenvalue weighted by molar-refractivity contribution is -0.118. The van der Waals surface area contributed by atoms with Crippen LogP contribution in [0.15, 0.2) is 52.9 Å². The molecule has 0 saturated heterocycles. The Morgan fingerprint density at radius 2 is 1.79 bits per heavy atom. The number of amides is 1. The molecule has 0 aliphatic heterocycles. The Morgan fingerprint density at radius 3 is 2.54 bits per heavy atom. The molecule has 1 N–H and O–H groups in total. The Bertz CT molecular complexity index is 868. The van der Waals surface area contributed by atoms with E-state index in [4.69, 9.17) is 4.42 Å². The predicted molar refractivity (Wildman–Crippen MR) is 93.4 cm³/mol. The molecule has 0 saturated carbocycles. The monoisotopic (exact) mass is 321 g/mol. The van der Waals surface area contributed by atoms with Gasteiger partial charge in [-0.15, -0.1) is 10.2 Å². The number of carbonyl (C=O) groups excluding carboxylic acids is 1. The summed E-state index contributed by atoms with van der Waals surface area (Å²) in [6.07, 6.45) is 0. The lowest BCUT2D eigenvalue weighted by Gasteiger charge is -2.08. The molecule has 3 rings (SSSR count). The SMILES string of the molecule is Cc1ccccc1-c1nnc(-c2cccc(NC(=O)C(C)C)c2)o1. The summed E-state index contributed by atoms with van der Waals surface area (Å²) in [5.41, 5.74) is 3.47. The molecule has 0 unspecified atom stereocenters. The van der Waals surface area contributed by atoms with Gasteiger partial charge in [0.15, 0.2) is 0 Å². The molecule has 5 nitrogen and oxygen atoms in total. The van der Waals surface area contributed by atoms with Gasteiger partial charge < -0.3 is 9.73 Å². The van der Waals surface area contributed by atoms with Crippen LogP contribution in [-0.4, -0.2) is 16.1 Å².